The molecule has 1 aromatic heterocycles. The van der Waals surface area contributed by atoms with Crippen LogP contribution in [0.15, 0.2) is 56.5 Å². The molecule has 11 heteroatoms. The molecule has 1 fully saturated rings. The first-order valence-electron chi connectivity index (χ1n) is 10.2. The molecule has 2 aromatic rings. The minimum absolute atomic E-state index is 0.170. The molecule has 32 heavy (non-hydrogen) atoms. The lowest BCUT2D eigenvalue weighted by Gasteiger charge is -2.21. The largest absolute Gasteiger partial charge is 0.416 e. The molecule has 0 saturated heterocycles. The molecule has 1 saturated carbocycles. The number of thiazole rings is 1. The lowest BCUT2D eigenvalue weighted by atomic mass is 9.91. The second-order valence-electron chi connectivity index (χ2n) is 7.95. The topological polar surface area (TPSA) is 91.4 Å². The third kappa shape index (κ3) is 4.77. The molecule has 2 heterocycles. The van der Waals surface area contributed by atoms with E-state index >= 15 is 0 Å². The van der Waals surface area contributed by atoms with Crippen LogP contribution in [0.5, 0.6) is 0 Å². The van der Waals surface area contributed by atoms with E-state index in [2.05, 4.69) is 31.0 Å². The Morgan fingerprint density at radius 2 is 1.97 bits per heavy atom. The van der Waals surface area contributed by atoms with E-state index in [0.29, 0.717) is 17.5 Å². The number of benzene rings is 1. The van der Waals surface area contributed by atoms with Gasteiger partial charge in [0.2, 0.25) is 5.66 Å². The summed E-state index contributed by atoms with van der Waals surface area (Å²) in [7, 11) is 0. The summed E-state index contributed by atoms with van der Waals surface area (Å²) in [4.78, 5) is 17.1. The van der Waals surface area contributed by atoms with Crippen molar-refractivity contribution in [3.05, 3.63) is 52.5 Å². The van der Waals surface area contributed by atoms with Crippen molar-refractivity contribution < 1.29 is 18.0 Å². The predicted molar refractivity (Wildman–Crippen MR) is 114 cm³/mol. The van der Waals surface area contributed by atoms with Crippen molar-refractivity contribution in [2.45, 2.75) is 50.9 Å². The molecular weight excluding hydrogens is 441 g/mol. The van der Waals surface area contributed by atoms with Crippen molar-refractivity contribution >= 4 is 27.9 Å². The van der Waals surface area contributed by atoms with Crippen LogP contribution in [0.25, 0.3) is 5.57 Å². The highest BCUT2D eigenvalue weighted by molar-refractivity contribution is 7.13. The quantitative estimate of drug-likeness (QED) is 0.480. The minimum Gasteiger partial charge on any atom is -0.298 e. The first-order chi connectivity index (χ1) is 15.3. The Morgan fingerprint density at radius 1 is 1.25 bits per heavy atom. The number of carbonyl (C=O) groups excluding carboxylic acids is 1. The number of anilines is 1. The molecule has 0 radical (unpaired) electrons. The number of allylic oxidation sites excluding steroid dienone is 1. The Hall–Kier alpha value is -2.95. The minimum atomic E-state index is -4.68. The number of hydrogen-bond acceptors (Lipinski definition) is 7. The summed E-state index contributed by atoms with van der Waals surface area (Å²) < 4.78 is 41.9. The van der Waals surface area contributed by atoms with Crippen LogP contribution in [0.2, 0.25) is 0 Å². The smallest absolute Gasteiger partial charge is 0.298 e. The summed E-state index contributed by atoms with van der Waals surface area (Å²) in [6.07, 6.45) is 3.61. The molecule has 0 atom stereocenters. The summed E-state index contributed by atoms with van der Waals surface area (Å²) in [6, 6.07) is 3.76. The molecule has 1 N–H and O–H groups in total. The van der Waals surface area contributed by atoms with Gasteiger partial charge in [-0.2, -0.15) is 13.2 Å². The van der Waals surface area contributed by atoms with Gasteiger partial charge in [-0.25, -0.2) is 4.98 Å². The van der Waals surface area contributed by atoms with E-state index in [1.165, 1.54) is 30.4 Å². The first-order valence-corrected chi connectivity index (χ1v) is 11.1. The first kappa shape index (κ1) is 22.3. The maximum atomic E-state index is 14.0. The number of rotatable bonds is 6. The normalized spacial score (nSPS) is 18.4. The Balaban J connectivity index is 1.74. The van der Waals surface area contributed by atoms with Crippen LogP contribution >= 0.6 is 11.3 Å². The van der Waals surface area contributed by atoms with Crippen LogP contribution in [0.3, 0.4) is 0 Å². The van der Waals surface area contributed by atoms with E-state index in [9.17, 15) is 18.0 Å². The van der Waals surface area contributed by atoms with Crippen molar-refractivity contribution in [3.8, 4) is 0 Å². The maximum Gasteiger partial charge on any atom is 0.416 e. The number of halogens is 3. The summed E-state index contributed by atoms with van der Waals surface area (Å²) in [5.41, 5.74) is -2.30. The summed E-state index contributed by atoms with van der Waals surface area (Å²) in [5, 5.41) is 19.0. The van der Waals surface area contributed by atoms with Crippen molar-refractivity contribution in [1.82, 2.24) is 4.98 Å². The standard InChI is InChI=1S/C21H21F3N6OS/c1-20(27-29-30-28-20)16-9-7-14(12-17(16)21(22,23)24)15(8-6-13-4-2-3-5-13)18(31)26-19-25-10-11-32-19/h7-13H,2-6H2,1H3,(H,25,26,31)/b15-8+. The maximum absolute atomic E-state index is 14.0. The van der Waals surface area contributed by atoms with Gasteiger partial charge in [0.1, 0.15) is 0 Å². The SMILES string of the molecule is CC1(c2ccc(/C(=C\CC3CCCC3)C(=O)Nc3nccs3)cc2C(F)(F)F)N=NN=N1. The Labute approximate surface area is 186 Å². The number of aromatic nitrogens is 1. The average molecular weight is 463 g/mol. The van der Waals surface area contributed by atoms with Crippen molar-refractivity contribution in [3.63, 3.8) is 0 Å². The summed E-state index contributed by atoms with van der Waals surface area (Å²) in [6.45, 7) is 1.41. The van der Waals surface area contributed by atoms with E-state index in [-0.39, 0.29) is 16.7 Å². The molecule has 0 spiro atoms. The molecule has 2 aliphatic rings. The van der Waals surface area contributed by atoms with Gasteiger partial charge in [0.25, 0.3) is 5.91 Å². The predicted octanol–water partition coefficient (Wildman–Crippen LogP) is 6.77. The zero-order valence-electron chi connectivity index (χ0n) is 17.3. The average Bonchev–Trinajstić information content (AvgIpc) is 3.51. The van der Waals surface area contributed by atoms with E-state index in [0.717, 1.165) is 31.7 Å². The molecule has 0 bridgehead atoms. The fourth-order valence-corrected chi connectivity index (χ4v) is 4.55. The molecule has 4 rings (SSSR count). The van der Waals surface area contributed by atoms with E-state index < -0.39 is 23.3 Å². The number of nitrogens with zero attached hydrogens (tertiary/aromatic N) is 5. The Morgan fingerprint density at radius 3 is 2.59 bits per heavy atom. The van der Waals surface area contributed by atoms with Gasteiger partial charge in [0, 0.05) is 22.7 Å². The van der Waals surface area contributed by atoms with Crippen molar-refractivity contribution in [2.24, 2.45) is 26.6 Å². The number of nitrogens with one attached hydrogen (secondary N) is 1. The van der Waals surface area contributed by atoms with Crippen molar-refractivity contribution in [1.29, 1.82) is 0 Å². The van der Waals surface area contributed by atoms with Gasteiger partial charge >= 0.3 is 6.18 Å². The molecular formula is C21H21F3N6OS. The zero-order valence-corrected chi connectivity index (χ0v) is 18.1. The van der Waals surface area contributed by atoms with Crippen LogP contribution in [0, 0.1) is 5.92 Å². The van der Waals surface area contributed by atoms with Gasteiger partial charge in [0.05, 0.1) is 5.56 Å². The van der Waals surface area contributed by atoms with Crippen LogP contribution in [-0.2, 0) is 16.6 Å². The van der Waals surface area contributed by atoms with Crippen LogP contribution in [0.4, 0.5) is 18.3 Å². The molecule has 1 aliphatic carbocycles. The molecule has 0 unspecified atom stereocenters. The molecule has 7 nitrogen and oxygen atoms in total. The molecule has 1 amide bonds. The Kier molecular flexibility index (Phi) is 6.18. The van der Waals surface area contributed by atoms with Crippen LogP contribution < -0.4 is 5.32 Å². The lowest BCUT2D eigenvalue weighted by Crippen LogP contribution is -2.21. The summed E-state index contributed by atoms with van der Waals surface area (Å²) >= 11 is 1.24. The fourth-order valence-electron chi connectivity index (χ4n) is 4.02. The fraction of sp³-hybridized carbons (Fsp3) is 0.429. The highest BCUT2D eigenvalue weighted by atomic mass is 32.1. The van der Waals surface area contributed by atoms with Crippen molar-refractivity contribution in [2.75, 3.05) is 5.32 Å². The third-order valence-electron chi connectivity index (χ3n) is 5.69. The highest BCUT2D eigenvalue weighted by Crippen LogP contribution is 2.42. The van der Waals surface area contributed by atoms with Gasteiger partial charge in [-0.15, -0.1) is 21.6 Å². The zero-order chi connectivity index (χ0) is 22.8. The Bertz CT molecular complexity index is 1060. The van der Waals surface area contributed by atoms with Gasteiger partial charge in [-0.1, -0.05) is 43.9 Å². The monoisotopic (exact) mass is 462 g/mol. The van der Waals surface area contributed by atoms with Crippen LogP contribution in [0.1, 0.15) is 55.7 Å². The second kappa shape index (κ2) is 8.89. The van der Waals surface area contributed by atoms with Gasteiger partial charge in [-0.05, 0) is 41.3 Å². The second-order valence-corrected chi connectivity index (χ2v) is 8.85. The lowest BCUT2D eigenvalue weighted by molar-refractivity contribution is -0.138. The van der Waals surface area contributed by atoms with Gasteiger partial charge in [-0.3, -0.25) is 10.1 Å². The number of carbonyl (C=O) groups is 1. The van der Waals surface area contributed by atoms with E-state index in [1.807, 2.05) is 0 Å². The van der Waals surface area contributed by atoms with Gasteiger partial charge < -0.3 is 0 Å². The van der Waals surface area contributed by atoms with E-state index in [1.54, 1.807) is 17.7 Å². The number of alkyl halides is 3. The van der Waals surface area contributed by atoms with Gasteiger partial charge in [0.15, 0.2) is 5.13 Å². The molecule has 1 aliphatic heterocycles. The highest BCUT2D eigenvalue weighted by Gasteiger charge is 2.42. The summed E-state index contributed by atoms with van der Waals surface area (Å²) in [5.74, 6) is -0.0671. The molecule has 168 valence electrons. The third-order valence-corrected chi connectivity index (χ3v) is 6.38. The molecule has 1 aromatic carbocycles. The number of amides is 1. The van der Waals surface area contributed by atoms with E-state index in [4.69, 9.17) is 0 Å². The van der Waals surface area contributed by atoms with Crippen LogP contribution in [-0.4, -0.2) is 10.9 Å². The number of hydrogen-bond donors (Lipinski definition) is 1.